The molecule has 1 saturated carbocycles. The van der Waals surface area contributed by atoms with E-state index in [1.165, 1.54) is 12.8 Å². The van der Waals surface area contributed by atoms with Gasteiger partial charge in [0.1, 0.15) is 5.75 Å². The van der Waals surface area contributed by atoms with Gasteiger partial charge in [-0.3, -0.25) is 0 Å². The Morgan fingerprint density at radius 3 is 2.53 bits per heavy atom. The van der Waals surface area contributed by atoms with Crippen LogP contribution in [-0.4, -0.2) is 19.2 Å². The first kappa shape index (κ1) is 10.3. The first-order valence-electron chi connectivity index (χ1n) is 5.46. The molecule has 0 aromatic heterocycles. The number of benzene rings is 1. The van der Waals surface area contributed by atoms with E-state index in [4.69, 9.17) is 10.5 Å². The number of hydrogen-bond donors (Lipinski definition) is 2. The van der Waals surface area contributed by atoms with E-state index in [1.807, 2.05) is 24.3 Å². The average molecular weight is 206 g/mol. The van der Waals surface area contributed by atoms with Crippen molar-refractivity contribution in [3.05, 3.63) is 24.3 Å². The fourth-order valence-electron chi connectivity index (χ4n) is 2.07. The van der Waals surface area contributed by atoms with Crippen LogP contribution < -0.4 is 15.8 Å². The van der Waals surface area contributed by atoms with Gasteiger partial charge >= 0.3 is 0 Å². The van der Waals surface area contributed by atoms with Crippen LogP contribution in [0.25, 0.3) is 0 Å². The molecule has 3 N–H and O–H groups in total. The van der Waals surface area contributed by atoms with Gasteiger partial charge in [-0.15, -0.1) is 0 Å². The lowest BCUT2D eigenvalue weighted by atomic mass is 10.1. The summed E-state index contributed by atoms with van der Waals surface area (Å²) in [7, 11) is 1.68. The molecule has 2 rings (SSSR count). The molecule has 0 spiro atoms. The third kappa shape index (κ3) is 2.42. The van der Waals surface area contributed by atoms with Gasteiger partial charge in [0.2, 0.25) is 0 Å². The molecule has 3 nitrogen and oxygen atoms in total. The largest absolute Gasteiger partial charge is 0.497 e. The fraction of sp³-hybridized carbons (Fsp3) is 0.500. The molecule has 3 heteroatoms. The molecule has 15 heavy (non-hydrogen) atoms. The molecule has 1 aromatic carbocycles. The third-order valence-corrected chi connectivity index (χ3v) is 3.01. The highest BCUT2D eigenvalue weighted by Crippen LogP contribution is 2.22. The molecule has 0 aliphatic heterocycles. The van der Waals surface area contributed by atoms with Crippen LogP contribution in [0.15, 0.2) is 24.3 Å². The molecule has 0 heterocycles. The number of nitrogens with two attached hydrogens (primary N) is 1. The molecular weight excluding hydrogens is 188 g/mol. The maximum atomic E-state index is 6.00. The van der Waals surface area contributed by atoms with E-state index in [-0.39, 0.29) is 0 Å². The Kier molecular flexibility index (Phi) is 3.11. The van der Waals surface area contributed by atoms with E-state index in [1.54, 1.807) is 7.11 Å². The quantitative estimate of drug-likeness (QED) is 0.795. The molecule has 1 aliphatic rings. The molecular formula is C12H18N2O. The summed E-state index contributed by atoms with van der Waals surface area (Å²) in [6.07, 6.45) is 3.54. The van der Waals surface area contributed by atoms with Gasteiger partial charge in [-0.05, 0) is 43.5 Å². The van der Waals surface area contributed by atoms with Gasteiger partial charge in [-0.25, -0.2) is 0 Å². The Balaban J connectivity index is 1.98. The van der Waals surface area contributed by atoms with Crippen LogP contribution in [0.5, 0.6) is 5.75 Å². The van der Waals surface area contributed by atoms with Gasteiger partial charge < -0.3 is 15.8 Å². The van der Waals surface area contributed by atoms with Gasteiger partial charge in [-0.2, -0.15) is 0 Å². The van der Waals surface area contributed by atoms with Gasteiger partial charge in [0.05, 0.1) is 7.11 Å². The molecule has 0 unspecified atom stereocenters. The van der Waals surface area contributed by atoms with Crippen LogP contribution >= 0.6 is 0 Å². The lowest BCUT2D eigenvalue weighted by molar-refractivity contribution is 0.415. The zero-order chi connectivity index (χ0) is 10.7. The van der Waals surface area contributed by atoms with E-state index in [9.17, 15) is 0 Å². The predicted molar refractivity (Wildman–Crippen MR) is 62.2 cm³/mol. The molecule has 0 radical (unpaired) electrons. The summed E-state index contributed by atoms with van der Waals surface area (Å²) in [6, 6.07) is 8.71. The summed E-state index contributed by atoms with van der Waals surface area (Å²) in [6.45, 7) is 0. The SMILES string of the molecule is COc1ccc(N[C@@H]2CCC[C@@H]2N)cc1. The molecule has 2 atom stereocenters. The highest BCUT2D eigenvalue weighted by Gasteiger charge is 2.23. The van der Waals surface area contributed by atoms with Gasteiger partial charge in [-0.1, -0.05) is 0 Å². The molecule has 1 aromatic rings. The minimum Gasteiger partial charge on any atom is -0.497 e. The fourth-order valence-corrected chi connectivity index (χ4v) is 2.07. The van der Waals surface area contributed by atoms with Crippen molar-refractivity contribution in [3.63, 3.8) is 0 Å². The summed E-state index contributed by atoms with van der Waals surface area (Å²) >= 11 is 0. The van der Waals surface area contributed by atoms with Gasteiger partial charge in [0, 0.05) is 17.8 Å². The van der Waals surface area contributed by atoms with Crippen molar-refractivity contribution in [3.8, 4) is 5.75 Å². The van der Waals surface area contributed by atoms with Crippen molar-refractivity contribution >= 4 is 5.69 Å². The summed E-state index contributed by atoms with van der Waals surface area (Å²) < 4.78 is 5.11. The van der Waals surface area contributed by atoms with Crippen molar-refractivity contribution in [2.24, 2.45) is 5.73 Å². The zero-order valence-corrected chi connectivity index (χ0v) is 9.07. The standard InChI is InChI=1S/C12H18N2O/c1-15-10-7-5-9(6-8-10)14-12-4-2-3-11(12)13/h5-8,11-12,14H,2-4,13H2,1H3/t11-,12+/m0/s1. The topological polar surface area (TPSA) is 47.3 Å². The molecule has 1 aliphatic carbocycles. The van der Waals surface area contributed by atoms with Crippen molar-refractivity contribution in [1.29, 1.82) is 0 Å². The van der Waals surface area contributed by atoms with Gasteiger partial charge in [0.15, 0.2) is 0 Å². The maximum absolute atomic E-state index is 6.00. The van der Waals surface area contributed by atoms with Crippen LogP contribution in [0.4, 0.5) is 5.69 Å². The lowest BCUT2D eigenvalue weighted by Crippen LogP contribution is -2.35. The second kappa shape index (κ2) is 4.53. The third-order valence-electron chi connectivity index (χ3n) is 3.01. The number of hydrogen-bond acceptors (Lipinski definition) is 3. The zero-order valence-electron chi connectivity index (χ0n) is 9.07. The molecule has 0 amide bonds. The molecule has 0 bridgehead atoms. The number of methoxy groups -OCH3 is 1. The van der Waals surface area contributed by atoms with Gasteiger partial charge in [0.25, 0.3) is 0 Å². The van der Waals surface area contributed by atoms with E-state index in [0.717, 1.165) is 17.9 Å². The highest BCUT2D eigenvalue weighted by molar-refractivity contribution is 5.47. The van der Waals surface area contributed by atoms with Crippen molar-refractivity contribution < 1.29 is 4.74 Å². The van der Waals surface area contributed by atoms with Crippen molar-refractivity contribution in [2.75, 3.05) is 12.4 Å². The van der Waals surface area contributed by atoms with E-state index in [0.29, 0.717) is 12.1 Å². The summed E-state index contributed by atoms with van der Waals surface area (Å²) in [5, 5.41) is 3.46. The summed E-state index contributed by atoms with van der Waals surface area (Å²) in [5.41, 5.74) is 7.12. The highest BCUT2D eigenvalue weighted by atomic mass is 16.5. The average Bonchev–Trinajstić information content (AvgIpc) is 2.66. The van der Waals surface area contributed by atoms with Crippen LogP contribution in [-0.2, 0) is 0 Å². The second-order valence-electron chi connectivity index (χ2n) is 4.07. The van der Waals surface area contributed by atoms with E-state index in [2.05, 4.69) is 5.32 Å². The van der Waals surface area contributed by atoms with E-state index < -0.39 is 0 Å². The summed E-state index contributed by atoms with van der Waals surface area (Å²) in [4.78, 5) is 0. The Morgan fingerprint density at radius 2 is 2.00 bits per heavy atom. The number of nitrogens with one attached hydrogen (secondary N) is 1. The monoisotopic (exact) mass is 206 g/mol. The Labute approximate surface area is 90.6 Å². The number of anilines is 1. The number of rotatable bonds is 3. The molecule has 1 fully saturated rings. The number of ether oxygens (including phenoxy) is 1. The molecule has 82 valence electrons. The second-order valence-corrected chi connectivity index (χ2v) is 4.07. The normalized spacial score (nSPS) is 25.2. The van der Waals surface area contributed by atoms with Crippen molar-refractivity contribution in [1.82, 2.24) is 0 Å². The Hall–Kier alpha value is -1.22. The molecule has 0 saturated heterocycles. The van der Waals surface area contributed by atoms with Crippen molar-refractivity contribution in [2.45, 2.75) is 31.3 Å². The van der Waals surface area contributed by atoms with Crippen LogP contribution in [0.2, 0.25) is 0 Å². The minimum absolute atomic E-state index is 0.298. The smallest absolute Gasteiger partial charge is 0.119 e. The van der Waals surface area contributed by atoms with Crippen LogP contribution in [0.3, 0.4) is 0 Å². The Bertz CT molecular complexity index is 310. The minimum atomic E-state index is 0.298. The first-order valence-corrected chi connectivity index (χ1v) is 5.46. The van der Waals surface area contributed by atoms with E-state index >= 15 is 0 Å². The predicted octanol–water partition coefficient (Wildman–Crippen LogP) is 1.99. The first-order chi connectivity index (χ1) is 7.29. The van der Waals surface area contributed by atoms with Crippen LogP contribution in [0.1, 0.15) is 19.3 Å². The lowest BCUT2D eigenvalue weighted by Gasteiger charge is -2.18. The van der Waals surface area contributed by atoms with Crippen LogP contribution in [0, 0.1) is 0 Å². The Morgan fingerprint density at radius 1 is 1.27 bits per heavy atom. The summed E-state index contributed by atoms with van der Waals surface area (Å²) in [5.74, 6) is 0.885. The maximum Gasteiger partial charge on any atom is 0.119 e.